The van der Waals surface area contributed by atoms with E-state index in [1.165, 1.54) is 7.11 Å². The lowest BCUT2D eigenvalue weighted by atomic mass is 10.0. The van der Waals surface area contributed by atoms with Crippen LogP contribution in [0, 0.1) is 0 Å². The van der Waals surface area contributed by atoms with Crippen molar-refractivity contribution in [2.75, 3.05) is 41.0 Å². The van der Waals surface area contributed by atoms with Crippen molar-refractivity contribution in [3.8, 4) is 5.75 Å². The molecule has 1 aliphatic heterocycles. The van der Waals surface area contributed by atoms with Gasteiger partial charge in [0, 0.05) is 20.7 Å². The van der Waals surface area contributed by atoms with E-state index in [1.54, 1.807) is 19.2 Å². The zero-order chi connectivity index (χ0) is 16.2. The summed E-state index contributed by atoms with van der Waals surface area (Å²) in [6, 6.07) is 6.96. The van der Waals surface area contributed by atoms with Crippen molar-refractivity contribution in [2.24, 2.45) is 0 Å². The summed E-state index contributed by atoms with van der Waals surface area (Å²) in [4.78, 5) is 5.44. The number of hydrogen-bond acceptors (Lipinski definition) is 6. The Hall–Kier alpha value is -1.19. The first-order valence-electron chi connectivity index (χ1n) is 6.96. The highest BCUT2D eigenvalue weighted by molar-refractivity contribution is 7.90. The molecule has 1 N–H and O–H groups in total. The van der Waals surface area contributed by atoms with Gasteiger partial charge in [-0.3, -0.25) is 4.84 Å². The van der Waals surface area contributed by atoms with Gasteiger partial charge in [-0.15, -0.1) is 0 Å². The maximum absolute atomic E-state index is 12.5. The molecule has 1 aromatic carbocycles. The normalized spacial score (nSPS) is 22.9. The smallest absolute Gasteiger partial charge is 0.218 e. The van der Waals surface area contributed by atoms with Gasteiger partial charge in [-0.25, -0.2) is 13.1 Å². The summed E-state index contributed by atoms with van der Waals surface area (Å²) in [6.07, 6.45) is 0. The molecule has 124 valence electrons. The minimum Gasteiger partial charge on any atom is -0.497 e. The molecule has 1 heterocycles. The molecule has 2 atom stereocenters. The molecule has 2 unspecified atom stereocenters. The fraction of sp³-hybridized carbons (Fsp3) is 0.571. The Morgan fingerprint density at radius 1 is 1.41 bits per heavy atom. The largest absolute Gasteiger partial charge is 0.497 e. The van der Waals surface area contributed by atoms with Gasteiger partial charge in [0.25, 0.3) is 0 Å². The van der Waals surface area contributed by atoms with E-state index < -0.39 is 21.3 Å². The van der Waals surface area contributed by atoms with Crippen LogP contribution in [-0.4, -0.2) is 59.8 Å². The van der Waals surface area contributed by atoms with Gasteiger partial charge in [0.2, 0.25) is 10.0 Å². The first-order chi connectivity index (χ1) is 10.5. The lowest BCUT2D eigenvalue weighted by Gasteiger charge is -2.23. The Balaban J connectivity index is 2.23. The molecule has 0 aromatic heterocycles. The second kappa shape index (κ2) is 7.38. The average molecular weight is 330 g/mol. The van der Waals surface area contributed by atoms with Crippen LogP contribution >= 0.6 is 0 Å². The molecule has 1 aliphatic rings. The number of nitrogens with zero attached hydrogens (tertiary/aromatic N) is 1. The lowest BCUT2D eigenvalue weighted by molar-refractivity contribution is -0.110. The van der Waals surface area contributed by atoms with Crippen molar-refractivity contribution in [3.63, 3.8) is 0 Å². The summed E-state index contributed by atoms with van der Waals surface area (Å²) >= 11 is 0. The molecule has 8 heteroatoms. The lowest BCUT2D eigenvalue weighted by Crippen LogP contribution is -2.40. The Kier molecular flexibility index (Phi) is 5.76. The van der Waals surface area contributed by atoms with Gasteiger partial charge in [-0.05, 0) is 17.7 Å². The second-order valence-corrected chi connectivity index (χ2v) is 7.02. The van der Waals surface area contributed by atoms with E-state index >= 15 is 0 Å². The van der Waals surface area contributed by atoms with Gasteiger partial charge in [0.1, 0.15) is 11.0 Å². The van der Waals surface area contributed by atoms with Crippen molar-refractivity contribution in [1.82, 2.24) is 9.79 Å². The van der Waals surface area contributed by atoms with Crippen molar-refractivity contribution < 1.29 is 22.7 Å². The van der Waals surface area contributed by atoms with Crippen LogP contribution in [0.15, 0.2) is 24.3 Å². The summed E-state index contributed by atoms with van der Waals surface area (Å²) in [7, 11) is 1.32. The molecule has 0 spiro atoms. The summed E-state index contributed by atoms with van der Waals surface area (Å²) in [5, 5.41) is 0.885. The minimum atomic E-state index is -3.52. The number of methoxy groups -OCH3 is 2. The van der Waals surface area contributed by atoms with Crippen LogP contribution in [-0.2, 0) is 19.6 Å². The third-order valence-electron chi connectivity index (χ3n) is 3.63. The second-order valence-electron chi connectivity index (χ2n) is 5.03. The Morgan fingerprint density at radius 3 is 2.86 bits per heavy atom. The predicted molar refractivity (Wildman–Crippen MR) is 82.0 cm³/mol. The van der Waals surface area contributed by atoms with Crippen LogP contribution in [0.1, 0.15) is 11.6 Å². The summed E-state index contributed by atoms with van der Waals surface area (Å²) < 4.78 is 37.6. The van der Waals surface area contributed by atoms with Crippen LogP contribution < -0.4 is 9.46 Å². The maximum atomic E-state index is 12.5. The Labute approximate surface area is 131 Å². The van der Waals surface area contributed by atoms with Crippen molar-refractivity contribution >= 4 is 10.0 Å². The Morgan fingerprint density at radius 2 is 2.18 bits per heavy atom. The van der Waals surface area contributed by atoms with Crippen molar-refractivity contribution in [3.05, 3.63) is 29.8 Å². The molecule has 0 radical (unpaired) electrons. The molecule has 0 saturated carbocycles. The molecule has 22 heavy (non-hydrogen) atoms. The number of sulfonamides is 1. The standard InChI is InChI=1S/C14H22N2O5S/c1-16-14(11-5-4-6-12(9-11)20-3)13(10-21-16)22(17,18)15-7-8-19-2/h4-6,9,13-15H,7-8,10H2,1-3H3. The molecule has 7 nitrogen and oxygen atoms in total. The number of nitrogens with one attached hydrogen (secondary N) is 1. The van der Waals surface area contributed by atoms with Gasteiger partial charge in [0.05, 0.1) is 26.4 Å². The maximum Gasteiger partial charge on any atom is 0.218 e. The van der Waals surface area contributed by atoms with Gasteiger partial charge in [-0.2, -0.15) is 5.06 Å². The van der Waals surface area contributed by atoms with Crippen LogP contribution in [0.25, 0.3) is 0 Å². The minimum absolute atomic E-state index is 0.112. The topological polar surface area (TPSA) is 77.1 Å². The van der Waals surface area contributed by atoms with Crippen LogP contribution in [0.4, 0.5) is 0 Å². The van der Waals surface area contributed by atoms with Crippen molar-refractivity contribution in [1.29, 1.82) is 0 Å². The van der Waals surface area contributed by atoms with E-state index in [-0.39, 0.29) is 13.2 Å². The highest BCUT2D eigenvalue weighted by atomic mass is 32.2. The zero-order valence-electron chi connectivity index (χ0n) is 13.0. The SMILES string of the molecule is COCCNS(=O)(=O)C1CON(C)C1c1cccc(OC)c1. The van der Waals surface area contributed by atoms with E-state index in [2.05, 4.69) is 4.72 Å². The molecular formula is C14H22N2O5S. The highest BCUT2D eigenvalue weighted by Crippen LogP contribution is 2.34. The molecule has 1 saturated heterocycles. The van der Waals surface area contributed by atoms with E-state index in [0.717, 1.165) is 5.56 Å². The number of ether oxygens (including phenoxy) is 2. The molecule has 2 rings (SSSR count). The molecule has 0 aliphatic carbocycles. The molecule has 1 aromatic rings. The Bertz CT molecular complexity index is 593. The van der Waals surface area contributed by atoms with Crippen LogP contribution in [0.5, 0.6) is 5.75 Å². The van der Waals surface area contributed by atoms with Crippen molar-refractivity contribution in [2.45, 2.75) is 11.3 Å². The van der Waals surface area contributed by atoms with Crippen LogP contribution in [0.2, 0.25) is 0 Å². The van der Waals surface area contributed by atoms with Crippen LogP contribution in [0.3, 0.4) is 0 Å². The first kappa shape index (κ1) is 17.2. The summed E-state index contributed by atoms with van der Waals surface area (Å²) in [6.45, 7) is 0.678. The monoisotopic (exact) mass is 330 g/mol. The van der Waals surface area contributed by atoms with Gasteiger partial charge < -0.3 is 9.47 Å². The third-order valence-corrected chi connectivity index (χ3v) is 5.43. The third kappa shape index (κ3) is 3.76. The summed E-state index contributed by atoms with van der Waals surface area (Å²) in [5.41, 5.74) is 0.835. The van der Waals surface area contributed by atoms with E-state index in [0.29, 0.717) is 12.4 Å². The number of benzene rings is 1. The van der Waals surface area contributed by atoms with E-state index in [1.807, 2.05) is 24.3 Å². The number of rotatable bonds is 7. The number of hydrogen-bond donors (Lipinski definition) is 1. The van der Waals surface area contributed by atoms with E-state index in [9.17, 15) is 8.42 Å². The molecule has 1 fully saturated rings. The number of hydroxylamine groups is 2. The quantitative estimate of drug-likeness (QED) is 0.736. The van der Waals surface area contributed by atoms with Gasteiger partial charge >= 0.3 is 0 Å². The molecule has 0 amide bonds. The average Bonchev–Trinajstić information content (AvgIpc) is 2.90. The van der Waals surface area contributed by atoms with Gasteiger partial charge in [0.15, 0.2) is 0 Å². The molecular weight excluding hydrogens is 308 g/mol. The highest BCUT2D eigenvalue weighted by Gasteiger charge is 2.43. The first-order valence-corrected chi connectivity index (χ1v) is 8.51. The summed E-state index contributed by atoms with van der Waals surface area (Å²) in [5.74, 6) is 0.682. The predicted octanol–water partition coefficient (Wildman–Crippen LogP) is 0.548. The fourth-order valence-corrected chi connectivity index (χ4v) is 3.99. The van der Waals surface area contributed by atoms with E-state index in [4.69, 9.17) is 14.3 Å². The van der Waals surface area contributed by atoms with Gasteiger partial charge in [-0.1, -0.05) is 12.1 Å². The zero-order valence-corrected chi connectivity index (χ0v) is 13.8. The fourth-order valence-electron chi connectivity index (χ4n) is 2.50. The molecule has 0 bridgehead atoms.